The molecule has 0 aliphatic rings. The largest absolute Gasteiger partial charge is 0.497 e. The highest BCUT2D eigenvalue weighted by atomic mass is 16.5. The molecule has 148 valence electrons. The number of Topliss-reactive ketones (excluding diaryl/α,β-unsaturated/α-hetero) is 1. The van der Waals surface area contributed by atoms with Crippen LogP contribution in [0.2, 0.25) is 0 Å². The number of nitrogens with one attached hydrogen (secondary N) is 3. The highest BCUT2D eigenvalue weighted by Gasteiger charge is 2.24. The molecule has 2 aromatic carbocycles. The van der Waals surface area contributed by atoms with E-state index in [9.17, 15) is 14.4 Å². The molecule has 2 amide bonds. The van der Waals surface area contributed by atoms with Gasteiger partial charge < -0.3 is 20.3 Å². The van der Waals surface area contributed by atoms with Crippen LogP contribution in [0.4, 0.5) is 11.4 Å². The molecular weight excluding hydrogens is 358 g/mol. The van der Waals surface area contributed by atoms with Gasteiger partial charge in [0.15, 0.2) is 18.4 Å². The molecule has 3 N–H and O–H groups in total. The first-order chi connectivity index (χ1) is 13.3. The summed E-state index contributed by atoms with van der Waals surface area (Å²) in [4.78, 5) is 36.8. The van der Waals surface area contributed by atoms with Crippen molar-refractivity contribution in [2.75, 3.05) is 31.3 Å². The summed E-state index contributed by atoms with van der Waals surface area (Å²) in [7, 11) is 3.35. The van der Waals surface area contributed by atoms with Crippen LogP contribution in [0.5, 0.6) is 5.75 Å². The summed E-state index contributed by atoms with van der Waals surface area (Å²) in [6, 6.07) is 13.4. The van der Waals surface area contributed by atoms with Crippen LogP contribution in [-0.2, 0) is 9.59 Å². The third-order valence-corrected chi connectivity index (χ3v) is 4.48. The molecule has 2 aromatic rings. The average Bonchev–Trinajstić information content (AvgIpc) is 2.67. The Morgan fingerprint density at radius 1 is 1.04 bits per heavy atom. The number of ketones is 1. The van der Waals surface area contributed by atoms with E-state index < -0.39 is 6.04 Å². The minimum atomic E-state index is -0.441. The molecule has 0 radical (unpaired) electrons. The summed E-state index contributed by atoms with van der Waals surface area (Å²) in [5.41, 5.74) is 1.83. The molecular formula is C21H26N3O4+. The first-order valence-electron chi connectivity index (χ1n) is 8.98. The van der Waals surface area contributed by atoms with Crippen molar-refractivity contribution >= 4 is 29.0 Å². The predicted octanol–water partition coefficient (Wildman–Crippen LogP) is 1.38. The Kier molecular flexibility index (Phi) is 7.28. The lowest BCUT2D eigenvalue weighted by molar-refractivity contribution is -0.885. The zero-order valence-electron chi connectivity index (χ0n) is 16.5. The fourth-order valence-electron chi connectivity index (χ4n) is 2.57. The first-order valence-corrected chi connectivity index (χ1v) is 8.98. The standard InChI is InChI=1S/C21H25N3O4/c1-14(21(27)23-17-10-8-16(9-11-17)15(2)25)24(3)13-20(26)22-18-6-5-7-19(12-18)28-4/h5-12,14H,13H2,1-4H3,(H,22,26)(H,23,27)/p+1/t14-/m0/s1. The normalized spacial score (nSPS) is 12.6. The van der Waals surface area contributed by atoms with Gasteiger partial charge in [0, 0.05) is 23.0 Å². The van der Waals surface area contributed by atoms with E-state index in [1.165, 1.54) is 6.92 Å². The van der Waals surface area contributed by atoms with Crippen LogP contribution in [0.25, 0.3) is 0 Å². The fraction of sp³-hybridized carbons (Fsp3) is 0.286. The molecule has 0 spiro atoms. The quantitative estimate of drug-likeness (QED) is 0.600. The summed E-state index contributed by atoms with van der Waals surface area (Å²) in [5.74, 6) is 0.220. The molecule has 2 rings (SSSR count). The second-order valence-electron chi connectivity index (χ2n) is 6.65. The Balaban J connectivity index is 1.89. The van der Waals surface area contributed by atoms with E-state index in [-0.39, 0.29) is 24.1 Å². The van der Waals surface area contributed by atoms with Crippen LogP contribution in [0.1, 0.15) is 24.2 Å². The number of hydrogen-bond donors (Lipinski definition) is 3. The number of carbonyl (C=O) groups excluding carboxylic acids is 3. The molecule has 0 fully saturated rings. The zero-order valence-corrected chi connectivity index (χ0v) is 16.5. The number of rotatable bonds is 8. The molecule has 1 unspecified atom stereocenters. The smallest absolute Gasteiger partial charge is 0.282 e. The van der Waals surface area contributed by atoms with E-state index in [2.05, 4.69) is 10.6 Å². The maximum absolute atomic E-state index is 12.4. The molecule has 28 heavy (non-hydrogen) atoms. The molecule has 0 bridgehead atoms. The minimum Gasteiger partial charge on any atom is -0.497 e. The van der Waals surface area contributed by atoms with Crippen molar-refractivity contribution in [3.63, 3.8) is 0 Å². The maximum Gasteiger partial charge on any atom is 0.282 e. The second kappa shape index (κ2) is 9.66. The molecule has 2 atom stereocenters. The number of likely N-dealkylation sites (N-methyl/N-ethyl adjacent to an activating group) is 1. The Morgan fingerprint density at radius 2 is 1.71 bits per heavy atom. The molecule has 0 aliphatic carbocycles. The van der Waals surface area contributed by atoms with Crippen LogP contribution in [0.15, 0.2) is 48.5 Å². The number of hydrogen-bond acceptors (Lipinski definition) is 4. The van der Waals surface area contributed by atoms with Crippen molar-refractivity contribution in [2.45, 2.75) is 19.9 Å². The van der Waals surface area contributed by atoms with E-state index in [1.807, 2.05) is 0 Å². The van der Waals surface area contributed by atoms with Crippen LogP contribution in [0, 0.1) is 0 Å². The van der Waals surface area contributed by atoms with Gasteiger partial charge in [-0.2, -0.15) is 0 Å². The van der Waals surface area contributed by atoms with Gasteiger partial charge in [-0.1, -0.05) is 6.07 Å². The van der Waals surface area contributed by atoms with Gasteiger partial charge >= 0.3 is 0 Å². The van der Waals surface area contributed by atoms with Crippen LogP contribution in [-0.4, -0.2) is 44.3 Å². The molecule has 0 heterocycles. The van der Waals surface area contributed by atoms with Gasteiger partial charge in [-0.05, 0) is 50.2 Å². The molecule has 7 nitrogen and oxygen atoms in total. The SMILES string of the molecule is COc1cccc(NC(=O)C[NH+](C)[C@@H](C)C(=O)Nc2ccc(C(C)=O)cc2)c1. The summed E-state index contributed by atoms with van der Waals surface area (Å²) >= 11 is 0. The van der Waals surface area contributed by atoms with Crippen molar-refractivity contribution < 1.29 is 24.0 Å². The summed E-state index contributed by atoms with van der Waals surface area (Å²) in [6.45, 7) is 3.38. The Morgan fingerprint density at radius 3 is 2.32 bits per heavy atom. The number of methoxy groups -OCH3 is 1. The highest BCUT2D eigenvalue weighted by Crippen LogP contribution is 2.16. The van der Waals surface area contributed by atoms with Gasteiger partial charge in [-0.3, -0.25) is 14.4 Å². The van der Waals surface area contributed by atoms with Crippen LogP contribution < -0.4 is 20.3 Å². The molecule has 0 aromatic heterocycles. The fourth-order valence-corrected chi connectivity index (χ4v) is 2.57. The van der Waals surface area contributed by atoms with Gasteiger partial charge in [0.2, 0.25) is 0 Å². The molecule has 7 heteroatoms. The Hall–Kier alpha value is -3.19. The van der Waals surface area contributed by atoms with Crippen molar-refractivity contribution in [1.29, 1.82) is 0 Å². The number of carbonyl (C=O) groups is 3. The summed E-state index contributed by atoms with van der Waals surface area (Å²) < 4.78 is 5.14. The lowest BCUT2D eigenvalue weighted by Crippen LogP contribution is -3.14. The van der Waals surface area contributed by atoms with Gasteiger partial charge in [0.1, 0.15) is 5.75 Å². The highest BCUT2D eigenvalue weighted by molar-refractivity contribution is 5.97. The van der Waals surface area contributed by atoms with Gasteiger partial charge in [0.05, 0.1) is 14.2 Å². The summed E-state index contributed by atoms with van der Waals surface area (Å²) in [5, 5.41) is 5.61. The monoisotopic (exact) mass is 384 g/mol. The van der Waals surface area contributed by atoms with Crippen molar-refractivity contribution in [3.05, 3.63) is 54.1 Å². The third-order valence-electron chi connectivity index (χ3n) is 4.48. The molecule has 0 saturated carbocycles. The van der Waals surface area contributed by atoms with E-state index in [4.69, 9.17) is 4.74 Å². The number of anilines is 2. The maximum atomic E-state index is 12.4. The van der Waals surface area contributed by atoms with Crippen LogP contribution in [0.3, 0.4) is 0 Å². The van der Waals surface area contributed by atoms with Crippen molar-refractivity contribution in [1.82, 2.24) is 0 Å². The van der Waals surface area contributed by atoms with Crippen molar-refractivity contribution in [2.24, 2.45) is 0 Å². The van der Waals surface area contributed by atoms with Gasteiger partial charge in [-0.25, -0.2) is 0 Å². The minimum absolute atomic E-state index is 0.0301. The van der Waals surface area contributed by atoms with E-state index in [0.717, 1.165) is 4.90 Å². The second-order valence-corrected chi connectivity index (χ2v) is 6.65. The lowest BCUT2D eigenvalue weighted by atomic mass is 10.1. The van der Waals surface area contributed by atoms with Crippen molar-refractivity contribution in [3.8, 4) is 5.75 Å². The third kappa shape index (κ3) is 5.92. The zero-order chi connectivity index (χ0) is 20.7. The summed E-state index contributed by atoms with van der Waals surface area (Å²) in [6.07, 6.45) is 0. The number of ether oxygens (including phenoxy) is 1. The predicted molar refractivity (Wildman–Crippen MR) is 108 cm³/mol. The molecule has 0 aliphatic heterocycles. The van der Waals surface area contributed by atoms with E-state index >= 15 is 0 Å². The van der Waals surface area contributed by atoms with E-state index in [0.29, 0.717) is 22.7 Å². The first kappa shape index (κ1) is 21.1. The number of amides is 2. The number of quaternary nitrogens is 1. The molecule has 0 saturated heterocycles. The Bertz CT molecular complexity index is 849. The van der Waals surface area contributed by atoms with Crippen LogP contribution >= 0.6 is 0 Å². The Labute approximate surface area is 164 Å². The number of benzene rings is 2. The van der Waals surface area contributed by atoms with Gasteiger partial charge in [0.25, 0.3) is 11.8 Å². The lowest BCUT2D eigenvalue weighted by Gasteiger charge is -2.20. The average molecular weight is 384 g/mol. The topological polar surface area (TPSA) is 88.9 Å². The van der Waals surface area contributed by atoms with E-state index in [1.54, 1.807) is 69.6 Å². The van der Waals surface area contributed by atoms with Gasteiger partial charge in [-0.15, -0.1) is 0 Å².